The molecule has 3 aromatic carbocycles. The van der Waals surface area contributed by atoms with E-state index in [2.05, 4.69) is 15.3 Å². The highest BCUT2D eigenvalue weighted by Crippen LogP contribution is 2.27. The van der Waals surface area contributed by atoms with Gasteiger partial charge in [0.05, 0.1) is 17.6 Å². The van der Waals surface area contributed by atoms with Crippen LogP contribution in [0, 0.1) is 0 Å². The molecule has 1 N–H and O–H groups in total. The monoisotopic (exact) mass is 428 g/mol. The summed E-state index contributed by atoms with van der Waals surface area (Å²) < 4.78 is 7.78. The fourth-order valence-corrected chi connectivity index (χ4v) is 4.37. The summed E-state index contributed by atoms with van der Waals surface area (Å²) in [5.41, 5.74) is 5.13. The molecule has 2 aromatic heterocycles. The second-order valence-electron chi connectivity index (χ2n) is 7.15. The van der Waals surface area contributed by atoms with Crippen molar-refractivity contribution in [1.82, 2.24) is 19.9 Å². The van der Waals surface area contributed by atoms with Gasteiger partial charge in [-0.3, -0.25) is 4.79 Å². The third-order valence-corrected chi connectivity index (χ3v) is 6.05. The minimum Gasteiger partial charge on any atom is -0.431 e. The van der Waals surface area contributed by atoms with E-state index in [1.165, 1.54) is 11.8 Å². The van der Waals surface area contributed by atoms with Gasteiger partial charge in [0.25, 0.3) is 11.1 Å². The van der Waals surface area contributed by atoms with Crippen LogP contribution in [0.5, 0.6) is 0 Å². The summed E-state index contributed by atoms with van der Waals surface area (Å²) in [5.74, 6) is 1.27. The molecular weight excluding hydrogens is 408 g/mol. The number of benzene rings is 3. The van der Waals surface area contributed by atoms with Crippen LogP contribution in [0.15, 0.2) is 82.4 Å². The number of carbonyl (C=O) groups is 1. The van der Waals surface area contributed by atoms with Gasteiger partial charge in [-0.1, -0.05) is 54.2 Å². The second kappa shape index (κ2) is 8.28. The number of carbonyl (C=O) groups excluding carboxylic acids is 1. The molecule has 6 nitrogen and oxygen atoms in total. The number of fused-ring (bicyclic) bond motifs is 2. The molecule has 154 valence electrons. The Morgan fingerprint density at radius 3 is 2.55 bits per heavy atom. The zero-order valence-corrected chi connectivity index (χ0v) is 17.7. The SMILES string of the molecule is Cn1c(CNC(=O)c2ccccc2CSc2nc3ccccc3o2)nc2ccccc21. The maximum absolute atomic E-state index is 12.9. The summed E-state index contributed by atoms with van der Waals surface area (Å²) in [6.45, 7) is 0.358. The number of amides is 1. The summed E-state index contributed by atoms with van der Waals surface area (Å²) in [5, 5.41) is 3.60. The number of thioether (sulfide) groups is 1. The van der Waals surface area contributed by atoms with Gasteiger partial charge >= 0.3 is 0 Å². The number of imidazole rings is 1. The van der Waals surface area contributed by atoms with Crippen molar-refractivity contribution < 1.29 is 9.21 Å². The van der Waals surface area contributed by atoms with E-state index >= 15 is 0 Å². The highest BCUT2D eigenvalue weighted by Gasteiger charge is 2.14. The summed E-state index contributed by atoms with van der Waals surface area (Å²) >= 11 is 1.48. The van der Waals surface area contributed by atoms with E-state index in [0.717, 1.165) is 33.5 Å². The van der Waals surface area contributed by atoms with Crippen molar-refractivity contribution in [3.05, 3.63) is 89.7 Å². The molecule has 2 heterocycles. The fraction of sp³-hybridized carbons (Fsp3) is 0.125. The van der Waals surface area contributed by atoms with Gasteiger partial charge in [-0.25, -0.2) is 9.97 Å². The van der Waals surface area contributed by atoms with Gasteiger partial charge in [-0.15, -0.1) is 0 Å². The predicted molar refractivity (Wildman–Crippen MR) is 122 cm³/mol. The van der Waals surface area contributed by atoms with Crippen LogP contribution in [-0.4, -0.2) is 20.4 Å². The van der Waals surface area contributed by atoms with Crippen LogP contribution in [0.1, 0.15) is 21.7 Å². The zero-order chi connectivity index (χ0) is 21.2. The lowest BCUT2D eigenvalue weighted by Crippen LogP contribution is -2.25. The quantitative estimate of drug-likeness (QED) is 0.388. The van der Waals surface area contributed by atoms with Crippen molar-refractivity contribution >= 4 is 39.8 Å². The molecule has 31 heavy (non-hydrogen) atoms. The van der Waals surface area contributed by atoms with Gasteiger partial charge in [0.1, 0.15) is 11.3 Å². The van der Waals surface area contributed by atoms with Crippen molar-refractivity contribution in [2.75, 3.05) is 0 Å². The number of rotatable bonds is 6. The summed E-state index contributed by atoms with van der Waals surface area (Å²) in [6, 6.07) is 23.2. The van der Waals surface area contributed by atoms with Crippen molar-refractivity contribution in [3.8, 4) is 0 Å². The lowest BCUT2D eigenvalue weighted by Gasteiger charge is -2.09. The lowest BCUT2D eigenvalue weighted by atomic mass is 10.1. The van der Waals surface area contributed by atoms with Crippen molar-refractivity contribution in [1.29, 1.82) is 0 Å². The molecule has 1 amide bonds. The maximum Gasteiger partial charge on any atom is 0.257 e. The Kier molecular flexibility index (Phi) is 5.18. The Balaban J connectivity index is 1.29. The standard InChI is InChI=1S/C24H20N4O2S/c1-28-20-12-6-4-10-18(20)26-22(28)14-25-23(29)17-9-3-2-8-16(17)15-31-24-27-19-11-5-7-13-21(19)30-24/h2-13H,14-15H2,1H3,(H,25,29). The van der Waals surface area contributed by atoms with Crippen LogP contribution in [-0.2, 0) is 19.3 Å². The molecule has 0 aliphatic carbocycles. The number of para-hydroxylation sites is 4. The van der Waals surface area contributed by atoms with Crippen LogP contribution in [0.3, 0.4) is 0 Å². The highest BCUT2D eigenvalue weighted by atomic mass is 32.2. The molecule has 0 aliphatic heterocycles. The van der Waals surface area contributed by atoms with Crippen molar-refractivity contribution in [2.45, 2.75) is 17.5 Å². The molecule has 5 rings (SSSR count). The molecule has 0 bridgehead atoms. The Labute approximate surface area is 183 Å². The summed E-state index contributed by atoms with van der Waals surface area (Å²) in [4.78, 5) is 22.0. The minimum absolute atomic E-state index is 0.124. The number of nitrogens with zero attached hydrogens (tertiary/aromatic N) is 3. The fourth-order valence-electron chi connectivity index (χ4n) is 3.53. The normalized spacial score (nSPS) is 11.3. The smallest absolute Gasteiger partial charge is 0.257 e. The Hall–Kier alpha value is -3.58. The highest BCUT2D eigenvalue weighted by molar-refractivity contribution is 7.98. The number of nitrogens with one attached hydrogen (secondary N) is 1. The largest absolute Gasteiger partial charge is 0.431 e. The number of hydrogen-bond acceptors (Lipinski definition) is 5. The molecule has 7 heteroatoms. The van der Waals surface area contributed by atoms with E-state index in [0.29, 0.717) is 23.1 Å². The minimum atomic E-state index is -0.124. The van der Waals surface area contributed by atoms with Crippen LogP contribution in [0.2, 0.25) is 0 Å². The zero-order valence-electron chi connectivity index (χ0n) is 16.9. The van der Waals surface area contributed by atoms with Gasteiger partial charge in [0, 0.05) is 18.4 Å². The first-order valence-corrected chi connectivity index (χ1v) is 10.9. The molecule has 5 aromatic rings. The van der Waals surface area contributed by atoms with E-state index in [9.17, 15) is 4.79 Å². The van der Waals surface area contributed by atoms with Gasteiger partial charge in [0.15, 0.2) is 5.58 Å². The molecule has 0 saturated heterocycles. The Morgan fingerprint density at radius 2 is 1.71 bits per heavy atom. The maximum atomic E-state index is 12.9. The average molecular weight is 429 g/mol. The lowest BCUT2D eigenvalue weighted by molar-refractivity contribution is 0.0949. The molecule has 0 fully saturated rings. The van der Waals surface area contributed by atoms with Gasteiger partial charge in [-0.05, 0) is 35.9 Å². The van der Waals surface area contributed by atoms with Gasteiger partial charge < -0.3 is 14.3 Å². The summed E-state index contributed by atoms with van der Waals surface area (Å²) in [6.07, 6.45) is 0. The van der Waals surface area contributed by atoms with Crippen molar-refractivity contribution in [2.24, 2.45) is 7.05 Å². The van der Waals surface area contributed by atoms with E-state index in [-0.39, 0.29) is 5.91 Å². The number of aromatic nitrogens is 3. The first-order valence-electron chi connectivity index (χ1n) is 9.94. The molecule has 0 radical (unpaired) electrons. The molecule has 0 unspecified atom stereocenters. The van der Waals surface area contributed by atoms with Crippen LogP contribution in [0.25, 0.3) is 22.1 Å². The Morgan fingerprint density at radius 1 is 0.968 bits per heavy atom. The third-order valence-electron chi connectivity index (χ3n) is 5.17. The predicted octanol–water partition coefficient (Wildman–Crippen LogP) is 4.94. The molecular formula is C24H20N4O2S. The molecule has 0 aliphatic rings. The van der Waals surface area contributed by atoms with E-state index in [4.69, 9.17) is 4.42 Å². The first kappa shape index (κ1) is 19.4. The number of oxazole rings is 1. The first-order chi connectivity index (χ1) is 15.2. The van der Waals surface area contributed by atoms with Crippen LogP contribution >= 0.6 is 11.8 Å². The van der Waals surface area contributed by atoms with E-state index in [1.54, 1.807) is 0 Å². The number of hydrogen-bond donors (Lipinski definition) is 1. The van der Waals surface area contributed by atoms with Crippen molar-refractivity contribution in [3.63, 3.8) is 0 Å². The average Bonchev–Trinajstić information content (AvgIpc) is 3.37. The Bertz CT molecular complexity index is 1360. The topological polar surface area (TPSA) is 73.0 Å². The van der Waals surface area contributed by atoms with E-state index in [1.807, 2.05) is 84.4 Å². The summed E-state index contributed by atoms with van der Waals surface area (Å²) in [7, 11) is 1.96. The molecule has 0 saturated carbocycles. The van der Waals surface area contributed by atoms with Gasteiger partial charge in [-0.2, -0.15) is 0 Å². The van der Waals surface area contributed by atoms with Gasteiger partial charge in [0.2, 0.25) is 0 Å². The molecule has 0 spiro atoms. The van der Waals surface area contributed by atoms with E-state index < -0.39 is 0 Å². The van der Waals surface area contributed by atoms with Crippen LogP contribution in [0.4, 0.5) is 0 Å². The third kappa shape index (κ3) is 3.92. The number of aryl methyl sites for hydroxylation is 1. The van der Waals surface area contributed by atoms with Crippen LogP contribution < -0.4 is 5.32 Å². The second-order valence-corrected chi connectivity index (χ2v) is 8.08. The molecule has 0 atom stereocenters.